The number of nitrogens with one attached hydrogen (secondary N) is 3. The molecule has 0 spiro atoms. The topological polar surface area (TPSA) is 99.3 Å². The van der Waals surface area contributed by atoms with Gasteiger partial charge in [-0.25, -0.2) is 22.2 Å². The van der Waals surface area contributed by atoms with Crippen LogP contribution in [0.2, 0.25) is 0 Å². The van der Waals surface area contributed by atoms with E-state index in [4.69, 9.17) is 0 Å². The van der Waals surface area contributed by atoms with E-state index in [-0.39, 0.29) is 28.5 Å². The highest BCUT2D eigenvalue weighted by Gasteiger charge is 2.33. The summed E-state index contributed by atoms with van der Waals surface area (Å²) < 4.78 is 54.9. The molecule has 5 rings (SSSR count). The highest BCUT2D eigenvalue weighted by Crippen LogP contribution is 2.33. The number of rotatable bonds is 10. The van der Waals surface area contributed by atoms with Crippen molar-refractivity contribution in [1.29, 1.82) is 0 Å². The maximum absolute atomic E-state index is 13.4. The fraction of sp³-hybridized carbons (Fsp3) is 0.267. The molecule has 0 radical (unpaired) electrons. The van der Waals surface area contributed by atoms with E-state index in [0.29, 0.717) is 49.1 Å². The lowest BCUT2D eigenvalue weighted by molar-refractivity contribution is 0.225. The molecule has 1 fully saturated rings. The van der Waals surface area contributed by atoms with E-state index in [1.807, 2.05) is 6.92 Å². The predicted octanol–water partition coefficient (Wildman–Crippen LogP) is 5.99. The number of benzene rings is 3. The Morgan fingerprint density at radius 3 is 2.07 bits per heavy atom. The molecule has 11 heteroatoms. The van der Waals surface area contributed by atoms with Gasteiger partial charge in [0.2, 0.25) is 16.0 Å². The second-order valence-electron chi connectivity index (χ2n) is 9.88. The van der Waals surface area contributed by atoms with Crippen molar-refractivity contribution < 1.29 is 17.2 Å². The molecule has 0 unspecified atom stereocenters. The fourth-order valence-electron chi connectivity index (χ4n) is 5.05. The van der Waals surface area contributed by atoms with Gasteiger partial charge in [0.25, 0.3) is 0 Å². The molecule has 1 saturated heterocycles. The molecule has 1 atom stereocenters. The summed E-state index contributed by atoms with van der Waals surface area (Å²) in [6.45, 7) is 3.62. The first-order valence-corrected chi connectivity index (χ1v) is 15.0. The van der Waals surface area contributed by atoms with Crippen LogP contribution in [0.5, 0.6) is 0 Å². The van der Waals surface area contributed by atoms with Crippen LogP contribution in [0.15, 0.2) is 90.0 Å². The monoisotopic (exact) mass is 578 g/mol. The second-order valence-corrected chi connectivity index (χ2v) is 11.8. The van der Waals surface area contributed by atoms with Gasteiger partial charge in [-0.05, 0) is 97.6 Å². The second kappa shape index (κ2) is 12.7. The number of sulfonamides is 1. The molecular formula is C30H32F2N6O2S. The van der Waals surface area contributed by atoms with Crippen LogP contribution in [0.3, 0.4) is 0 Å². The van der Waals surface area contributed by atoms with Crippen LogP contribution in [0.4, 0.5) is 31.9 Å². The zero-order valence-electron chi connectivity index (χ0n) is 22.6. The summed E-state index contributed by atoms with van der Waals surface area (Å²) in [7, 11) is -3.66. The van der Waals surface area contributed by atoms with Crippen molar-refractivity contribution in [2.45, 2.75) is 30.7 Å². The zero-order chi connectivity index (χ0) is 28.8. The average molecular weight is 579 g/mol. The van der Waals surface area contributed by atoms with Crippen LogP contribution in [-0.4, -0.2) is 42.3 Å². The van der Waals surface area contributed by atoms with Crippen molar-refractivity contribution in [3.8, 4) is 0 Å². The minimum atomic E-state index is -3.66. The van der Waals surface area contributed by atoms with E-state index >= 15 is 0 Å². The van der Waals surface area contributed by atoms with Crippen LogP contribution in [0.1, 0.15) is 31.4 Å². The normalized spacial score (nSPS) is 15.4. The number of nitrogens with zero attached hydrogens (tertiary/aromatic N) is 3. The lowest BCUT2D eigenvalue weighted by Crippen LogP contribution is -2.41. The van der Waals surface area contributed by atoms with Crippen molar-refractivity contribution in [3.05, 3.63) is 102 Å². The lowest BCUT2D eigenvalue weighted by atomic mass is 9.86. The molecule has 0 bridgehead atoms. The highest BCUT2D eigenvalue weighted by molar-refractivity contribution is 7.89. The Balaban J connectivity index is 1.20. The predicted molar refractivity (Wildman–Crippen MR) is 156 cm³/mol. The molecule has 1 aliphatic rings. The van der Waals surface area contributed by atoms with E-state index in [0.717, 1.165) is 12.1 Å². The summed E-state index contributed by atoms with van der Waals surface area (Å²) in [5.74, 6) is 0.492. The molecule has 2 heterocycles. The van der Waals surface area contributed by atoms with Crippen molar-refractivity contribution in [2.24, 2.45) is 5.92 Å². The molecule has 41 heavy (non-hydrogen) atoms. The smallest absolute Gasteiger partial charge is 0.243 e. The van der Waals surface area contributed by atoms with Gasteiger partial charge in [-0.2, -0.15) is 9.29 Å². The minimum absolute atomic E-state index is 0.0439. The molecule has 0 saturated carbocycles. The Morgan fingerprint density at radius 2 is 1.44 bits per heavy atom. The number of halogens is 2. The van der Waals surface area contributed by atoms with Gasteiger partial charge in [0, 0.05) is 36.7 Å². The molecule has 4 aromatic rings. The molecule has 0 amide bonds. The Morgan fingerprint density at radius 1 is 0.854 bits per heavy atom. The third-order valence-corrected chi connectivity index (χ3v) is 9.06. The fourth-order valence-corrected chi connectivity index (χ4v) is 6.52. The van der Waals surface area contributed by atoms with E-state index < -0.39 is 10.0 Å². The minimum Gasteiger partial charge on any atom is -0.340 e. The summed E-state index contributed by atoms with van der Waals surface area (Å²) in [5.41, 5.74) is 2.33. The molecule has 214 valence electrons. The van der Waals surface area contributed by atoms with Crippen LogP contribution >= 0.6 is 0 Å². The standard InChI is InChI=1S/C30H32F2N6O2S/c1-2-33-29(21-3-5-23(31)6-4-21)22-16-19-38(20-17-22)41(39,40)27-13-11-26(12-14-27)36-30-34-18-15-28(37-30)35-25-9-7-24(32)8-10-25/h3-15,18,22,29,33H,2,16-17,19-20H2,1H3,(H2,34,35,36,37)/t29-/m0/s1. The summed E-state index contributed by atoms with van der Waals surface area (Å²) in [5, 5.41) is 9.67. The Kier molecular flexibility index (Phi) is 8.87. The van der Waals surface area contributed by atoms with Crippen LogP contribution in [0, 0.1) is 17.6 Å². The first-order chi connectivity index (χ1) is 19.8. The first kappa shape index (κ1) is 28.6. The van der Waals surface area contributed by atoms with Crippen molar-refractivity contribution >= 4 is 33.2 Å². The van der Waals surface area contributed by atoms with Crippen molar-refractivity contribution in [1.82, 2.24) is 19.6 Å². The van der Waals surface area contributed by atoms with Gasteiger partial charge in [-0.15, -0.1) is 0 Å². The van der Waals surface area contributed by atoms with Gasteiger partial charge in [0.1, 0.15) is 17.5 Å². The molecule has 8 nitrogen and oxygen atoms in total. The SMILES string of the molecule is CCN[C@@H](c1ccc(F)cc1)C1CCN(S(=O)(=O)c2ccc(Nc3nccc(Nc4ccc(F)cc4)n3)cc2)CC1. The molecule has 1 aromatic heterocycles. The van der Waals surface area contributed by atoms with Gasteiger partial charge in [0.15, 0.2) is 0 Å². The number of hydrogen-bond donors (Lipinski definition) is 3. The first-order valence-electron chi connectivity index (χ1n) is 13.5. The molecule has 0 aliphatic carbocycles. The Bertz CT molecular complexity index is 1540. The third-order valence-electron chi connectivity index (χ3n) is 7.14. The summed E-state index contributed by atoms with van der Waals surface area (Å²) in [6, 6.07) is 20.7. The summed E-state index contributed by atoms with van der Waals surface area (Å²) in [6.07, 6.45) is 2.99. The number of piperidine rings is 1. The van der Waals surface area contributed by atoms with Gasteiger partial charge in [0.05, 0.1) is 4.90 Å². The largest absolute Gasteiger partial charge is 0.340 e. The van der Waals surface area contributed by atoms with E-state index in [9.17, 15) is 17.2 Å². The van der Waals surface area contributed by atoms with Crippen LogP contribution in [0.25, 0.3) is 0 Å². The molecule has 3 aromatic carbocycles. The third kappa shape index (κ3) is 7.05. The number of aromatic nitrogens is 2. The van der Waals surface area contributed by atoms with Crippen LogP contribution < -0.4 is 16.0 Å². The van der Waals surface area contributed by atoms with E-state index in [1.165, 1.54) is 28.6 Å². The van der Waals surface area contributed by atoms with Gasteiger partial charge >= 0.3 is 0 Å². The lowest BCUT2D eigenvalue weighted by Gasteiger charge is -2.36. The summed E-state index contributed by atoms with van der Waals surface area (Å²) in [4.78, 5) is 8.86. The van der Waals surface area contributed by atoms with Gasteiger partial charge < -0.3 is 16.0 Å². The molecule has 3 N–H and O–H groups in total. The molecule has 1 aliphatic heterocycles. The highest BCUT2D eigenvalue weighted by atomic mass is 32.2. The summed E-state index contributed by atoms with van der Waals surface area (Å²) >= 11 is 0. The maximum Gasteiger partial charge on any atom is 0.243 e. The van der Waals surface area contributed by atoms with Gasteiger partial charge in [-0.3, -0.25) is 0 Å². The average Bonchev–Trinajstić information content (AvgIpc) is 2.98. The number of anilines is 4. The quantitative estimate of drug-likeness (QED) is 0.213. The van der Waals surface area contributed by atoms with Crippen molar-refractivity contribution in [3.63, 3.8) is 0 Å². The maximum atomic E-state index is 13.4. The molecular weight excluding hydrogens is 546 g/mol. The van der Waals surface area contributed by atoms with Gasteiger partial charge in [-0.1, -0.05) is 19.1 Å². The van der Waals surface area contributed by atoms with Crippen LogP contribution in [-0.2, 0) is 10.0 Å². The Labute approximate surface area is 238 Å². The van der Waals surface area contributed by atoms with Crippen molar-refractivity contribution in [2.75, 3.05) is 30.3 Å². The van der Waals surface area contributed by atoms with E-state index in [1.54, 1.807) is 60.8 Å². The Hall–Kier alpha value is -3.93. The number of hydrogen-bond acceptors (Lipinski definition) is 7. The van der Waals surface area contributed by atoms with E-state index in [2.05, 4.69) is 25.9 Å². The zero-order valence-corrected chi connectivity index (χ0v) is 23.4.